The van der Waals surface area contributed by atoms with Crippen LogP contribution < -0.4 is 5.32 Å². The van der Waals surface area contributed by atoms with Crippen molar-refractivity contribution in [1.29, 1.82) is 0 Å². The molecule has 1 aromatic carbocycles. The SMILES string of the molecule is O[C@@]1(CNC2CCN(Cc3ccccn3)CC2)CCc2ccccc21. The van der Waals surface area contributed by atoms with E-state index in [1.807, 2.05) is 18.3 Å². The summed E-state index contributed by atoms with van der Waals surface area (Å²) in [4.78, 5) is 6.89. The van der Waals surface area contributed by atoms with Gasteiger partial charge in [0.25, 0.3) is 0 Å². The summed E-state index contributed by atoms with van der Waals surface area (Å²) in [7, 11) is 0. The predicted molar refractivity (Wildman–Crippen MR) is 99.2 cm³/mol. The number of nitrogens with zero attached hydrogens (tertiary/aromatic N) is 2. The molecule has 2 heterocycles. The molecule has 4 nitrogen and oxygen atoms in total. The number of hydrogen-bond donors (Lipinski definition) is 2. The van der Waals surface area contributed by atoms with Gasteiger partial charge in [0.2, 0.25) is 0 Å². The Kier molecular flexibility index (Phi) is 4.84. The van der Waals surface area contributed by atoms with E-state index >= 15 is 0 Å². The molecule has 1 atom stereocenters. The summed E-state index contributed by atoms with van der Waals surface area (Å²) in [5, 5.41) is 14.7. The first-order valence-corrected chi connectivity index (χ1v) is 9.39. The minimum Gasteiger partial charge on any atom is -0.384 e. The van der Waals surface area contributed by atoms with Gasteiger partial charge in [-0.2, -0.15) is 0 Å². The number of piperidine rings is 1. The summed E-state index contributed by atoms with van der Waals surface area (Å²) < 4.78 is 0. The number of likely N-dealkylation sites (tertiary alicyclic amines) is 1. The molecule has 0 bridgehead atoms. The van der Waals surface area contributed by atoms with Crippen LogP contribution in [0.5, 0.6) is 0 Å². The fourth-order valence-electron chi connectivity index (χ4n) is 4.18. The minimum absolute atomic E-state index is 0.497. The standard InChI is InChI=1S/C21H27N3O/c25-21(11-8-17-5-1-2-7-20(17)21)16-23-18-9-13-24(14-10-18)15-19-6-3-4-12-22-19/h1-7,12,18,23,25H,8-11,13-16H2/t21-/m1/s1. The van der Waals surface area contributed by atoms with E-state index in [9.17, 15) is 5.11 Å². The van der Waals surface area contributed by atoms with E-state index in [0.717, 1.165) is 56.6 Å². The van der Waals surface area contributed by atoms with Crippen LogP contribution in [0.1, 0.15) is 36.1 Å². The van der Waals surface area contributed by atoms with Crippen LogP contribution in [0, 0.1) is 0 Å². The Balaban J connectivity index is 1.27. The summed E-state index contributed by atoms with van der Waals surface area (Å²) in [6, 6.07) is 14.9. The highest BCUT2D eigenvalue weighted by molar-refractivity contribution is 5.37. The summed E-state index contributed by atoms with van der Waals surface area (Å²) in [5.41, 5.74) is 2.87. The number of nitrogens with one attached hydrogen (secondary N) is 1. The molecule has 2 N–H and O–H groups in total. The number of pyridine rings is 1. The monoisotopic (exact) mass is 337 g/mol. The van der Waals surface area contributed by atoms with Crippen molar-refractivity contribution >= 4 is 0 Å². The molecule has 4 heteroatoms. The Morgan fingerprint density at radius 2 is 1.92 bits per heavy atom. The van der Waals surface area contributed by atoms with E-state index < -0.39 is 5.60 Å². The number of benzene rings is 1. The van der Waals surface area contributed by atoms with Crippen LogP contribution in [0.25, 0.3) is 0 Å². The molecule has 0 amide bonds. The van der Waals surface area contributed by atoms with Crippen LogP contribution in [0.15, 0.2) is 48.7 Å². The summed E-state index contributed by atoms with van der Waals surface area (Å²) in [5.74, 6) is 0. The van der Waals surface area contributed by atoms with Crippen LogP contribution in [-0.2, 0) is 18.6 Å². The molecule has 4 rings (SSSR count). The number of aliphatic hydroxyl groups is 1. The van der Waals surface area contributed by atoms with Crippen molar-refractivity contribution in [2.24, 2.45) is 0 Å². The van der Waals surface area contributed by atoms with E-state index in [1.165, 1.54) is 5.56 Å². The molecule has 0 spiro atoms. The maximum absolute atomic E-state index is 11.0. The van der Waals surface area contributed by atoms with Gasteiger partial charge in [-0.25, -0.2) is 0 Å². The first-order chi connectivity index (χ1) is 12.2. The van der Waals surface area contributed by atoms with Crippen LogP contribution in [-0.4, -0.2) is 40.7 Å². The average molecular weight is 337 g/mol. The molecule has 2 aromatic rings. The van der Waals surface area contributed by atoms with Gasteiger partial charge in [0.05, 0.1) is 5.69 Å². The molecule has 1 saturated heterocycles. The molecule has 2 aliphatic rings. The number of aryl methyl sites for hydroxylation is 1. The van der Waals surface area contributed by atoms with E-state index in [1.54, 1.807) is 0 Å². The van der Waals surface area contributed by atoms with Crippen molar-refractivity contribution in [3.8, 4) is 0 Å². The smallest absolute Gasteiger partial charge is 0.103 e. The van der Waals surface area contributed by atoms with Gasteiger partial charge in [0, 0.05) is 38.4 Å². The maximum Gasteiger partial charge on any atom is 0.103 e. The molecule has 0 saturated carbocycles. The average Bonchev–Trinajstić information content (AvgIpc) is 3.00. The zero-order valence-corrected chi connectivity index (χ0v) is 14.7. The summed E-state index contributed by atoms with van der Waals surface area (Å²) in [6.07, 6.45) is 5.94. The van der Waals surface area contributed by atoms with Gasteiger partial charge in [-0.05, 0) is 48.9 Å². The van der Waals surface area contributed by atoms with Gasteiger partial charge in [-0.1, -0.05) is 30.3 Å². The molecule has 1 aromatic heterocycles. The second kappa shape index (κ2) is 7.24. The number of rotatable bonds is 5. The Morgan fingerprint density at radius 1 is 1.12 bits per heavy atom. The van der Waals surface area contributed by atoms with Gasteiger partial charge in [0.15, 0.2) is 0 Å². The Hall–Kier alpha value is -1.75. The molecule has 0 radical (unpaired) electrons. The largest absolute Gasteiger partial charge is 0.384 e. The Labute approximate surface area is 149 Å². The van der Waals surface area contributed by atoms with Crippen LogP contribution in [0.2, 0.25) is 0 Å². The van der Waals surface area contributed by atoms with Gasteiger partial charge < -0.3 is 10.4 Å². The summed E-state index contributed by atoms with van der Waals surface area (Å²) in [6.45, 7) is 3.77. The third-order valence-electron chi connectivity index (χ3n) is 5.71. The van der Waals surface area contributed by atoms with Crippen molar-refractivity contribution in [3.05, 3.63) is 65.5 Å². The molecule has 1 aliphatic carbocycles. The highest BCUT2D eigenvalue weighted by Crippen LogP contribution is 2.36. The first-order valence-electron chi connectivity index (χ1n) is 9.39. The topological polar surface area (TPSA) is 48.4 Å². The van der Waals surface area contributed by atoms with Crippen molar-refractivity contribution in [1.82, 2.24) is 15.2 Å². The first kappa shape index (κ1) is 16.7. The van der Waals surface area contributed by atoms with E-state index in [4.69, 9.17) is 0 Å². The Bertz CT molecular complexity index is 697. The normalized spacial score (nSPS) is 24.4. The van der Waals surface area contributed by atoms with E-state index in [-0.39, 0.29) is 0 Å². The lowest BCUT2D eigenvalue weighted by Crippen LogP contribution is -2.46. The highest BCUT2D eigenvalue weighted by atomic mass is 16.3. The highest BCUT2D eigenvalue weighted by Gasteiger charge is 2.36. The molecule has 25 heavy (non-hydrogen) atoms. The predicted octanol–water partition coefficient (Wildman–Crippen LogP) is 2.47. The third-order valence-corrected chi connectivity index (χ3v) is 5.71. The van der Waals surface area contributed by atoms with Gasteiger partial charge in [0.1, 0.15) is 5.60 Å². The molecule has 132 valence electrons. The quantitative estimate of drug-likeness (QED) is 0.880. The molecular weight excluding hydrogens is 310 g/mol. The molecule has 1 fully saturated rings. The van der Waals surface area contributed by atoms with Crippen LogP contribution in [0.4, 0.5) is 0 Å². The van der Waals surface area contributed by atoms with E-state index in [0.29, 0.717) is 12.6 Å². The van der Waals surface area contributed by atoms with Crippen LogP contribution in [0.3, 0.4) is 0 Å². The lowest BCUT2D eigenvalue weighted by Gasteiger charge is -2.34. The lowest BCUT2D eigenvalue weighted by atomic mass is 9.94. The number of hydrogen-bond acceptors (Lipinski definition) is 4. The van der Waals surface area contributed by atoms with Crippen molar-refractivity contribution in [3.63, 3.8) is 0 Å². The number of fused-ring (bicyclic) bond motifs is 1. The molecular formula is C21H27N3O. The van der Waals surface area contributed by atoms with Gasteiger partial charge in [-0.3, -0.25) is 9.88 Å². The fraction of sp³-hybridized carbons (Fsp3) is 0.476. The van der Waals surface area contributed by atoms with E-state index in [2.05, 4.69) is 45.5 Å². The Morgan fingerprint density at radius 3 is 2.72 bits per heavy atom. The third kappa shape index (κ3) is 3.76. The second-order valence-corrected chi connectivity index (χ2v) is 7.44. The number of aromatic nitrogens is 1. The molecule has 1 aliphatic heterocycles. The van der Waals surface area contributed by atoms with Gasteiger partial charge in [-0.15, -0.1) is 0 Å². The zero-order chi connectivity index (χ0) is 17.1. The van der Waals surface area contributed by atoms with Crippen molar-refractivity contribution < 1.29 is 5.11 Å². The van der Waals surface area contributed by atoms with Gasteiger partial charge >= 0.3 is 0 Å². The maximum atomic E-state index is 11.0. The zero-order valence-electron chi connectivity index (χ0n) is 14.7. The molecule has 0 unspecified atom stereocenters. The fourth-order valence-corrected chi connectivity index (χ4v) is 4.18. The van der Waals surface area contributed by atoms with Crippen molar-refractivity contribution in [2.45, 2.75) is 43.9 Å². The van der Waals surface area contributed by atoms with Crippen molar-refractivity contribution in [2.75, 3.05) is 19.6 Å². The minimum atomic E-state index is -0.693. The second-order valence-electron chi connectivity index (χ2n) is 7.44. The summed E-state index contributed by atoms with van der Waals surface area (Å²) >= 11 is 0. The lowest BCUT2D eigenvalue weighted by molar-refractivity contribution is 0.0327. The van der Waals surface area contributed by atoms with Crippen LogP contribution >= 0.6 is 0 Å².